The Labute approximate surface area is 154 Å². The summed E-state index contributed by atoms with van der Waals surface area (Å²) in [5.41, 5.74) is 4.39. The second-order valence-electron chi connectivity index (χ2n) is 6.35. The Morgan fingerprint density at radius 2 is 1.77 bits per heavy atom. The average molecular weight is 355 g/mol. The molecular formula is C21H25NO4. The molecule has 1 unspecified atom stereocenters. The zero-order valence-electron chi connectivity index (χ0n) is 15.6. The first kappa shape index (κ1) is 19.5. The van der Waals surface area contributed by atoms with Gasteiger partial charge < -0.3 is 15.2 Å². The molecule has 2 rings (SSSR count). The van der Waals surface area contributed by atoms with E-state index in [1.807, 2.05) is 45.0 Å². The van der Waals surface area contributed by atoms with E-state index in [-0.39, 0.29) is 5.91 Å². The number of carbonyl (C=O) groups is 2. The van der Waals surface area contributed by atoms with Crippen LogP contribution in [0.25, 0.3) is 0 Å². The number of amides is 1. The highest BCUT2D eigenvalue weighted by Gasteiger charge is 2.20. The van der Waals surface area contributed by atoms with E-state index in [2.05, 4.69) is 5.32 Å². The van der Waals surface area contributed by atoms with Crippen LogP contribution in [0.4, 0.5) is 0 Å². The highest BCUT2D eigenvalue weighted by atomic mass is 16.5. The van der Waals surface area contributed by atoms with Crippen LogP contribution in [0.5, 0.6) is 5.75 Å². The molecule has 0 aliphatic heterocycles. The number of nitrogens with one attached hydrogen (secondary N) is 1. The van der Waals surface area contributed by atoms with E-state index >= 15 is 0 Å². The molecule has 0 heterocycles. The Morgan fingerprint density at radius 1 is 1.08 bits per heavy atom. The van der Waals surface area contributed by atoms with Gasteiger partial charge in [-0.1, -0.05) is 31.2 Å². The molecule has 26 heavy (non-hydrogen) atoms. The van der Waals surface area contributed by atoms with E-state index in [9.17, 15) is 9.59 Å². The fourth-order valence-corrected chi connectivity index (χ4v) is 2.70. The number of carboxylic acids is 1. The van der Waals surface area contributed by atoms with Gasteiger partial charge in [-0.2, -0.15) is 0 Å². The number of carboxylic acid groups (broad SMARTS) is 1. The number of hydrogen-bond acceptors (Lipinski definition) is 3. The lowest BCUT2D eigenvalue weighted by molar-refractivity contribution is -0.139. The second-order valence-corrected chi connectivity index (χ2v) is 6.35. The molecule has 0 saturated heterocycles. The predicted octanol–water partition coefficient (Wildman–Crippen LogP) is 3.78. The maximum atomic E-state index is 12.4. The van der Waals surface area contributed by atoms with E-state index in [0.717, 1.165) is 22.3 Å². The molecule has 0 spiro atoms. The number of aryl methyl sites for hydroxylation is 1. The third-order valence-corrected chi connectivity index (χ3v) is 4.64. The minimum atomic E-state index is -1.03. The number of hydrogen-bond donors (Lipinski definition) is 2. The predicted molar refractivity (Wildman–Crippen MR) is 101 cm³/mol. The van der Waals surface area contributed by atoms with Gasteiger partial charge in [-0.15, -0.1) is 0 Å². The molecule has 5 heteroatoms. The van der Waals surface area contributed by atoms with Gasteiger partial charge in [0.1, 0.15) is 18.4 Å². The van der Waals surface area contributed by atoms with Crippen LogP contribution in [0.1, 0.15) is 46.0 Å². The molecular weight excluding hydrogens is 330 g/mol. The van der Waals surface area contributed by atoms with Crippen molar-refractivity contribution >= 4 is 11.9 Å². The molecule has 0 aliphatic rings. The van der Waals surface area contributed by atoms with Crippen LogP contribution in [0.15, 0.2) is 36.4 Å². The highest BCUT2D eigenvalue weighted by molar-refractivity contribution is 5.98. The lowest BCUT2D eigenvalue weighted by Gasteiger charge is -2.17. The molecule has 1 atom stereocenters. The Morgan fingerprint density at radius 3 is 2.38 bits per heavy atom. The smallest absolute Gasteiger partial charge is 0.326 e. The van der Waals surface area contributed by atoms with Crippen molar-refractivity contribution in [3.05, 3.63) is 64.2 Å². The third kappa shape index (κ3) is 4.42. The first-order valence-corrected chi connectivity index (χ1v) is 8.66. The number of aliphatic carboxylic acids is 1. The van der Waals surface area contributed by atoms with Crippen LogP contribution in [0, 0.1) is 20.8 Å². The van der Waals surface area contributed by atoms with Gasteiger partial charge in [-0.05, 0) is 61.6 Å². The minimum absolute atomic E-state index is 0.330. The van der Waals surface area contributed by atoms with Crippen molar-refractivity contribution in [3.8, 4) is 5.75 Å². The molecule has 2 aromatic rings. The van der Waals surface area contributed by atoms with Crippen molar-refractivity contribution in [1.29, 1.82) is 0 Å². The number of benzene rings is 2. The summed E-state index contributed by atoms with van der Waals surface area (Å²) in [4.78, 5) is 23.5. The monoisotopic (exact) mass is 355 g/mol. The van der Waals surface area contributed by atoms with Crippen molar-refractivity contribution in [3.63, 3.8) is 0 Å². The summed E-state index contributed by atoms with van der Waals surface area (Å²) in [5, 5.41) is 11.7. The Hall–Kier alpha value is -2.82. The normalized spacial score (nSPS) is 11.7. The molecule has 0 aromatic heterocycles. The molecule has 138 valence electrons. The summed E-state index contributed by atoms with van der Waals surface area (Å²) in [6, 6.07) is 10.6. The molecule has 0 radical (unpaired) electrons. The quantitative estimate of drug-likeness (QED) is 0.792. The lowest BCUT2D eigenvalue weighted by Crippen LogP contribution is -2.40. The first-order valence-electron chi connectivity index (χ1n) is 8.66. The van der Waals surface area contributed by atoms with Gasteiger partial charge in [0.25, 0.3) is 5.91 Å². The van der Waals surface area contributed by atoms with Crippen molar-refractivity contribution in [1.82, 2.24) is 5.32 Å². The number of rotatable bonds is 7. The van der Waals surface area contributed by atoms with Crippen LogP contribution < -0.4 is 10.1 Å². The van der Waals surface area contributed by atoms with E-state index in [1.165, 1.54) is 0 Å². The summed E-state index contributed by atoms with van der Waals surface area (Å²) in [5.74, 6) is -0.703. The van der Waals surface area contributed by atoms with Gasteiger partial charge in [0.05, 0.1) is 0 Å². The summed E-state index contributed by atoms with van der Waals surface area (Å²) < 4.78 is 5.93. The highest BCUT2D eigenvalue weighted by Crippen LogP contribution is 2.25. The third-order valence-electron chi connectivity index (χ3n) is 4.64. The molecule has 0 aliphatic carbocycles. The van der Waals surface area contributed by atoms with Crippen LogP contribution in [0.3, 0.4) is 0 Å². The van der Waals surface area contributed by atoms with Crippen LogP contribution in [0.2, 0.25) is 0 Å². The number of ether oxygens (including phenoxy) is 1. The van der Waals surface area contributed by atoms with Crippen molar-refractivity contribution < 1.29 is 19.4 Å². The molecule has 1 amide bonds. The summed E-state index contributed by atoms with van der Waals surface area (Å²) in [7, 11) is 0. The van der Waals surface area contributed by atoms with Gasteiger partial charge in [-0.3, -0.25) is 4.79 Å². The van der Waals surface area contributed by atoms with Gasteiger partial charge in [0.15, 0.2) is 0 Å². The molecule has 0 bridgehead atoms. The SMILES string of the molecule is CCC(NC(=O)c1ccc(OCc2ccccc2C)c(C)c1C)C(=O)O. The zero-order valence-corrected chi connectivity index (χ0v) is 15.6. The summed E-state index contributed by atoms with van der Waals surface area (Å²) in [6.07, 6.45) is 0.330. The average Bonchev–Trinajstić information content (AvgIpc) is 2.61. The zero-order chi connectivity index (χ0) is 19.3. The molecule has 0 saturated carbocycles. The van der Waals surface area contributed by atoms with E-state index in [0.29, 0.717) is 24.3 Å². The first-order chi connectivity index (χ1) is 12.3. The molecule has 0 fully saturated rings. The standard InChI is InChI=1S/C21H25NO4/c1-5-18(21(24)25)22-20(23)17-10-11-19(15(4)14(17)3)26-12-16-9-7-6-8-13(16)2/h6-11,18H,5,12H2,1-4H3,(H,22,23)(H,24,25). The lowest BCUT2D eigenvalue weighted by atomic mass is 10.0. The Balaban J connectivity index is 2.16. The largest absolute Gasteiger partial charge is 0.489 e. The van der Waals surface area contributed by atoms with Crippen molar-refractivity contribution in [2.45, 2.75) is 46.8 Å². The molecule has 5 nitrogen and oxygen atoms in total. The molecule has 2 N–H and O–H groups in total. The van der Waals surface area contributed by atoms with E-state index in [4.69, 9.17) is 9.84 Å². The maximum Gasteiger partial charge on any atom is 0.326 e. The van der Waals surface area contributed by atoms with Crippen LogP contribution >= 0.6 is 0 Å². The van der Waals surface area contributed by atoms with Crippen LogP contribution in [-0.2, 0) is 11.4 Å². The van der Waals surface area contributed by atoms with E-state index < -0.39 is 12.0 Å². The Kier molecular flexibility index (Phi) is 6.39. The summed E-state index contributed by atoms with van der Waals surface area (Å²) >= 11 is 0. The topological polar surface area (TPSA) is 75.6 Å². The second kappa shape index (κ2) is 8.52. The Bertz CT molecular complexity index is 814. The fourth-order valence-electron chi connectivity index (χ4n) is 2.70. The fraction of sp³-hybridized carbons (Fsp3) is 0.333. The van der Waals surface area contributed by atoms with Gasteiger partial charge in [0, 0.05) is 5.56 Å². The maximum absolute atomic E-state index is 12.4. The number of carbonyl (C=O) groups excluding carboxylic acids is 1. The molecule has 2 aromatic carbocycles. The van der Waals surface area contributed by atoms with Crippen LogP contribution in [-0.4, -0.2) is 23.0 Å². The van der Waals surface area contributed by atoms with Gasteiger partial charge in [-0.25, -0.2) is 4.79 Å². The van der Waals surface area contributed by atoms with Gasteiger partial charge in [0.2, 0.25) is 0 Å². The minimum Gasteiger partial charge on any atom is -0.489 e. The van der Waals surface area contributed by atoms with Crippen molar-refractivity contribution in [2.75, 3.05) is 0 Å². The van der Waals surface area contributed by atoms with E-state index in [1.54, 1.807) is 19.1 Å². The van der Waals surface area contributed by atoms with Crippen molar-refractivity contribution in [2.24, 2.45) is 0 Å². The van der Waals surface area contributed by atoms with Gasteiger partial charge >= 0.3 is 5.97 Å². The summed E-state index contributed by atoms with van der Waals surface area (Å²) in [6.45, 7) is 7.95.